The van der Waals surface area contributed by atoms with Crippen LogP contribution in [-0.2, 0) is 4.74 Å². The predicted octanol–water partition coefficient (Wildman–Crippen LogP) is 3.27. The number of para-hydroxylation sites is 2. The van der Waals surface area contributed by atoms with E-state index in [1.807, 2.05) is 36.4 Å². The van der Waals surface area contributed by atoms with Gasteiger partial charge in [0.25, 0.3) is 5.91 Å². The standard InChI is InChI=1S/C20H19N3O3/c24-19(15-7-9-16(10-8-15)22-11-3-4-12-22)21-17-5-1-2-6-18(17)23-13-14-26-20(23)25/h1-10H,11-14H2,(H,21,24). The summed E-state index contributed by atoms with van der Waals surface area (Å²) in [6.07, 6.45) is 3.86. The summed E-state index contributed by atoms with van der Waals surface area (Å²) in [5, 5.41) is 2.90. The van der Waals surface area contributed by atoms with Gasteiger partial charge in [-0.1, -0.05) is 24.3 Å². The molecule has 2 heterocycles. The first-order valence-corrected chi connectivity index (χ1v) is 8.57. The lowest BCUT2D eigenvalue weighted by molar-refractivity contribution is 0.102. The maximum atomic E-state index is 12.6. The zero-order valence-corrected chi connectivity index (χ0v) is 14.2. The number of benzene rings is 2. The Kier molecular flexibility index (Phi) is 4.31. The maximum Gasteiger partial charge on any atom is 0.414 e. The molecule has 6 heteroatoms. The minimum absolute atomic E-state index is 0.212. The van der Waals surface area contributed by atoms with Crippen molar-refractivity contribution in [2.75, 3.05) is 41.4 Å². The first-order valence-electron chi connectivity index (χ1n) is 8.57. The average molecular weight is 349 g/mol. The molecule has 132 valence electrons. The summed E-state index contributed by atoms with van der Waals surface area (Å²) in [5.41, 5.74) is 2.89. The van der Waals surface area contributed by atoms with Gasteiger partial charge in [0.15, 0.2) is 0 Å². The van der Waals surface area contributed by atoms with Crippen molar-refractivity contribution in [2.45, 2.75) is 0 Å². The van der Waals surface area contributed by atoms with Gasteiger partial charge in [0.05, 0.1) is 17.9 Å². The van der Waals surface area contributed by atoms with Crippen molar-refractivity contribution in [1.82, 2.24) is 0 Å². The Balaban J connectivity index is 1.50. The van der Waals surface area contributed by atoms with E-state index >= 15 is 0 Å². The molecule has 0 atom stereocenters. The minimum atomic E-state index is -0.393. The molecule has 4 rings (SSSR count). The molecule has 2 aliphatic heterocycles. The van der Waals surface area contributed by atoms with E-state index in [1.165, 1.54) is 4.90 Å². The normalized spacial score (nSPS) is 16.1. The van der Waals surface area contributed by atoms with Gasteiger partial charge >= 0.3 is 6.09 Å². The summed E-state index contributed by atoms with van der Waals surface area (Å²) in [4.78, 5) is 28.2. The number of carbonyl (C=O) groups is 2. The number of ether oxygens (including phenoxy) is 1. The van der Waals surface area contributed by atoms with E-state index in [4.69, 9.17) is 4.74 Å². The van der Waals surface area contributed by atoms with Crippen LogP contribution in [0.15, 0.2) is 60.7 Å². The van der Waals surface area contributed by atoms with Gasteiger partial charge in [-0.3, -0.25) is 9.69 Å². The third kappa shape index (κ3) is 3.13. The molecular weight excluding hydrogens is 330 g/mol. The fourth-order valence-corrected chi connectivity index (χ4v) is 3.13. The van der Waals surface area contributed by atoms with Gasteiger partial charge in [-0.15, -0.1) is 0 Å². The summed E-state index contributed by atoms with van der Waals surface area (Å²) in [6, 6.07) is 14.8. The quantitative estimate of drug-likeness (QED) is 0.861. The Morgan fingerprint density at radius 1 is 1.00 bits per heavy atom. The van der Waals surface area contributed by atoms with Crippen LogP contribution in [0.4, 0.5) is 21.9 Å². The van der Waals surface area contributed by atoms with Crippen LogP contribution >= 0.6 is 0 Å². The van der Waals surface area contributed by atoms with Crippen molar-refractivity contribution in [3.05, 3.63) is 66.2 Å². The fraction of sp³-hybridized carbons (Fsp3) is 0.200. The molecule has 1 fully saturated rings. The zero-order chi connectivity index (χ0) is 17.9. The predicted molar refractivity (Wildman–Crippen MR) is 101 cm³/mol. The average Bonchev–Trinajstić information content (AvgIpc) is 3.34. The lowest BCUT2D eigenvalue weighted by Crippen LogP contribution is -2.25. The van der Waals surface area contributed by atoms with Crippen LogP contribution in [-0.4, -0.2) is 38.2 Å². The zero-order valence-electron chi connectivity index (χ0n) is 14.2. The van der Waals surface area contributed by atoms with Crippen LogP contribution in [0.25, 0.3) is 0 Å². The molecule has 2 aliphatic rings. The smallest absolute Gasteiger partial charge is 0.414 e. The van der Waals surface area contributed by atoms with Crippen LogP contribution in [0.1, 0.15) is 10.4 Å². The number of amides is 2. The molecule has 2 aromatic carbocycles. The van der Waals surface area contributed by atoms with E-state index in [0.717, 1.165) is 18.8 Å². The van der Waals surface area contributed by atoms with Gasteiger partial charge in [-0.25, -0.2) is 4.79 Å². The van der Waals surface area contributed by atoms with E-state index in [-0.39, 0.29) is 5.91 Å². The highest BCUT2D eigenvalue weighted by molar-refractivity contribution is 6.07. The number of cyclic esters (lactones) is 1. The lowest BCUT2D eigenvalue weighted by Gasteiger charge is -2.19. The minimum Gasteiger partial charge on any atom is -0.447 e. The van der Waals surface area contributed by atoms with Crippen LogP contribution in [0.5, 0.6) is 0 Å². The number of rotatable bonds is 4. The molecule has 0 saturated carbocycles. The molecule has 0 unspecified atom stereocenters. The molecule has 0 radical (unpaired) electrons. The topological polar surface area (TPSA) is 61.9 Å². The monoisotopic (exact) mass is 349 g/mol. The number of nitrogens with one attached hydrogen (secondary N) is 1. The van der Waals surface area contributed by atoms with Gasteiger partial charge < -0.3 is 15.0 Å². The second-order valence-electron chi connectivity index (χ2n) is 6.16. The van der Waals surface area contributed by atoms with Gasteiger partial charge in [0.2, 0.25) is 0 Å². The van der Waals surface area contributed by atoms with E-state index in [2.05, 4.69) is 22.4 Å². The van der Waals surface area contributed by atoms with E-state index in [1.54, 1.807) is 12.1 Å². The van der Waals surface area contributed by atoms with Gasteiger partial charge in [-0.05, 0) is 36.4 Å². The highest BCUT2D eigenvalue weighted by Gasteiger charge is 2.26. The first kappa shape index (κ1) is 16.2. The van der Waals surface area contributed by atoms with Crippen LogP contribution in [0.2, 0.25) is 0 Å². The van der Waals surface area contributed by atoms with E-state index in [9.17, 15) is 9.59 Å². The molecule has 0 aliphatic carbocycles. The summed E-state index contributed by atoms with van der Waals surface area (Å²) < 4.78 is 4.99. The summed E-state index contributed by atoms with van der Waals surface area (Å²) >= 11 is 0. The first-order chi connectivity index (χ1) is 12.7. The summed E-state index contributed by atoms with van der Waals surface area (Å²) in [6.45, 7) is 2.62. The highest BCUT2D eigenvalue weighted by Crippen LogP contribution is 2.28. The Hall–Kier alpha value is -3.28. The van der Waals surface area contributed by atoms with Crippen LogP contribution < -0.4 is 15.1 Å². The second kappa shape index (κ2) is 6.92. The Morgan fingerprint density at radius 3 is 2.42 bits per heavy atom. The number of anilines is 3. The summed E-state index contributed by atoms with van der Waals surface area (Å²) in [5.74, 6) is -0.212. The number of nitrogens with zero attached hydrogens (tertiary/aromatic N) is 2. The highest BCUT2D eigenvalue weighted by atomic mass is 16.6. The Bertz CT molecular complexity index is 853. The van der Waals surface area contributed by atoms with Crippen molar-refractivity contribution in [3.8, 4) is 0 Å². The number of carbonyl (C=O) groups excluding carboxylic acids is 2. The van der Waals surface area contributed by atoms with Crippen LogP contribution in [0.3, 0.4) is 0 Å². The third-order valence-corrected chi connectivity index (χ3v) is 4.52. The third-order valence-electron chi connectivity index (χ3n) is 4.52. The van der Waals surface area contributed by atoms with Crippen molar-refractivity contribution in [2.24, 2.45) is 0 Å². The van der Waals surface area contributed by atoms with E-state index in [0.29, 0.717) is 30.1 Å². The molecule has 0 aromatic heterocycles. The molecule has 1 saturated heterocycles. The largest absolute Gasteiger partial charge is 0.447 e. The molecule has 0 spiro atoms. The van der Waals surface area contributed by atoms with Crippen molar-refractivity contribution < 1.29 is 14.3 Å². The van der Waals surface area contributed by atoms with Crippen molar-refractivity contribution in [1.29, 1.82) is 0 Å². The molecule has 0 bridgehead atoms. The van der Waals surface area contributed by atoms with Crippen molar-refractivity contribution in [3.63, 3.8) is 0 Å². The number of hydrogen-bond donors (Lipinski definition) is 1. The molecule has 2 aromatic rings. The molecule has 2 amide bonds. The Morgan fingerprint density at radius 2 is 1.73 bits per heavy atom. The molecule has 26 heavy (non-hydrogen) atoms. The van der Waals surface area contributed by atoms with Gasteiger partial charge in [0.1, 0.15) is 6.61 Å². The maximum absolute atomic E-state index is 12.6. The Labute approximate surface area is 151 Å². The fourth-order valence-electron chi connectivity index (χ4n) is 3.13. The van der Waals surface area contributed by atoms with E-state index < -0.39 is 6.09 Å². The number of hydrogen-bond acceptors (Lipinski definition) is 4. The molecular formula is C20H19N3O3. The van der Waals surface area contributed by atoms with Gasteiger partial charge in [0, 0.05) is 24.3 Å². The second-order valence-corrected chi connectivity index (χ2v) is 6.16. The molecule has 6 nitrogen and oxygen atoms in total. The molecule has 1 N–H and O–H groups in total. The lowest BCUT2D eigenvalue weighted by atomic mass is 10.1. The summed E-state index contributed by atoms with van der Waals surface area (Å²) in [7, 11) is 0. The van der Waals surface area contributed by atoms with Gasteiger partial charge in [-0.2, -0.15) is 0 Å². The van der Waals surface area contributed by atoms with Crippen LogP contribution in [0, 0.1) is 0 Å². The van der Waals surface area contributed by atoms with Crippen molar-refractivity contribution >= 4 is 29.1 Å². The SMILES string of the molecule is O=C(Nc1ccccc1N1CCOC1=O)c1ccc(N2CC=CC2)cc1.